The summed E-state index contributed by atoms with van der Waals surface area (Å²) >= 11 is 2.63. The number of nitro benzene ring substituents is 1. The van der Waals surface area contributed by atoms with Crippen molar-refractivity contribution >= 4 is 41.1 Å². The highest BCUT2D eigenvalue weighted by atomic mass is 32.2. The maximum atomic E-state index is 12.5. The highest BCUT2D eigenvalue weighted by Gasteiger charge is 2.25. The predicted molar refractivity (Wildman–Crippen MR) is 106 cm³/mol. The van der Waals surface area contributed by atoms with E-state index < -0.39 is 4.92 Å². The number of allylic oxidation sites excluding steroid dienone is 1. The van der Waals surface area contributed by atoms with Crippen LogP contribution in [0.2, 0.25) is 0 Å². The van der Waals surface area contributed by atoms with E-state index in [9.17, 15) is 14.9 Å². The Kier molecular flexibility index (Phi) is 4.79. The van der Waals surface area contributed by atoms with Crippen molar-refractivity contribution in [3.8, 4) is 0 Å². The fraction of sp³-hybridized carbons (Fsp3) is 0. The summed E-state index contributed by atoms with van der Waals surface area (Å²) in [6.45, 7) is 0. The molecule has 0 saturated heterocycles. The summed E-state index contributed by atoms with van der Waals surface area (Å²) in [4.78, 5) is 29.8. The Balaban J connectivity index is 1.66. The Morgan fingerprint density at radius 2 is 1.89 bits per heavy atom. The molecule has 5 nitrogen and oxygen atoms in total. The number of hydrogen-bond donors (Lipinski definition) is 0. The number of carbonyl (C=O) groups excluding carboxylic acids is 1. The Morgan fingerprint density at radius 3 is 2.63 bits per heavy atom. The van der Waals surface area contributed by atoms with E-state index in [1.165, 1.54) is 29.6 Å². The topological polar surface area (TPSA) is 73.1 Å². The van der Waals surface area contributed by atoms with Crippen molar-refractivity contribution < 1.29 is 9.72 Å². The minimum absolute atomic E-state index is 0.00652. The molecule has 0 N–H and O–H groups in total. The van der Waals surface area contributed by atoms with Crippen molar-refractivity contribution in [1.82, 2.24) is 4.98 Å². The molecule has 1 aliphatic heterocycles. The zero-order valence-electron chi connectivity index (χ0n) is 13.9. The van der Waals surface area contributed by atoms with E-state index in [0.717, 1.165) is 4.90 Å². The lowest BCUT2D eigenvalue weighted by Gasteiger charge is -2.04. The van der Waals surface area contributed by atoms with Gasteiger partial charge in [0.15, 0.2) is 0 Å². The molecule has 7 heteroatoms. The van der Waals surface area contributed by atoms with Gasteiger partial charge in [0.25, 0.3) is 5.69 Å². The molecule has 1 aromatic heterocycles. The van der Waals surface area contributed by atoms with Crippen LogP contribution in [0.5, 0.6) is 0 Å². The van der Waals surface area contributed by atoms with Gasteiger partial charge in [-0.3, -0.25) is 14.9 Å². The number of nitrogens with zero attached hydrogens (tertiary/aromatic N) is 2. The van der Waals surface area contributed by atoms with Gasteiger partial charge in [0, 0.05) is 22.7 Å². The molecule has 0 aliphatic carbocycles. The first-order chi connectivity index (χ1) is 13.1. The lowest BCUT2D eigenvalue weighted by atomic mass is 10.1. The van der Waals surface area contributed by atoms with Crippen LogP contribution in [0.25, 0.3) is 6.08 Å². The standard InChI is InChI=1S/C20H12N2O3S2/c23-20-14-5-1-2-6-16(14)26-18(20)12-13-8-9-17(15(11-13)22(24)25)27-19-7-3-4-10-21-19/h1-12H/b18-12-. The summed E-state index contributed by atoms with van der Waals surface area (Å²) in [6.07, 6.45) is 3.35. The average Bonchev–Trinajstić information content (AvgIpc) is 2.99. The van der Waals surface area contributed by atoms with Crippen molar-refractivity contribution in [2.45, 2.75) is 14.8 Å². The fourth-order valence-electron chi connectivity index (χ4n) is 2.66. The minimum Gasteiger partial charge on any atom is -0.288 e. The van der Waals surface area contributed by atoms with Crippen LogP contribution in [0.4, 0.5) is 5.69 Å². The summed E-state index contributed by atoms with van der Waals surface area (Å²) in [5.41, 5.74) is 1.29. The van der Waals surface area contributed by atoms with Gasteiger partial charge in [-0.1, -0.05) is 47.8 Å². The Bertz CT molecular complexity index is 1080. The summed E-state index contributed by atoms with van der Waals surface area (Å²) in [5.74, 6) is -0.0507. The Hall–Kier alpha value is -2.90. The van der Waals surface area contributed by atoms with Crippen molar-refractivity contribution in [3.63, 3.8) is 0 Å². The van der Waals surface area contributed by atoms with Gasteiger partial charge in [-0.15, -0.1) is 0 Å². The van der Waals surface area contributed by atoms with Gasteiger partial charge < -0.3 is 0 Å². The van der Waals surface area contributed by atoms with E-state index in [4.69, 9.17) is 0 Å². The number of nitro groups is 1. The second kappa shape index (κ2) is 7.38. The first kappa shape index (κ1) is 17.5. The molecule has 0 spiro atoms. The number of Topliss-reactive ketones (excluding diaryl/α,β-unsaturated/α-hetero) is 1. The monoisotopic (exact) mass is 392 g/mol. The highest BCUT2D eigenvalue weighted by Crippen LogP contribution is 2.41. The second-order valence-electron chi connectivity index (χ2n) is 5.69. The molecular formula is C20H12N2O3S2. The fourth-order valence-corrected chi connectivity index (χ4v) is 4.57. The van der Waals surface area contributed by atoms with Crippen LogP contribution in [0.15, 0.2) is 86.6 Å². The number of carbonyl (C=O) groups is 1. The van der Waals surface area contributed by atoms with E-state index in [1.807, 2.05) is 24.3 Å². The van der Waals surface area contributed by atoms with Crippen molar-refractivity contribution in [3.05, 3.63) is 93.0 Å². The molecule has 0 fully saturated rings. The predicted octanol–water partition coefficient (Wildman–Crippen LogP) is 5.47. The number of hydrogen-bond acceptors (Lipinski definition) is 6. The van der Waals surface area contributed by atoms with E-state index >= 15 is 0 Å². The largest absolute Gasteiger partial charge is 0.288 e. The molecule has 3 aromatic rings. The third-order valence-corrected chi connectivity index (χ3v) is 6.02. The number of pyridine rings is 1. The van der Waals surface area contributed by atoms with Gasteiger partial charge in [0.1, 0.15) is 5.03 Å². The van der Waals surface area contributed by atoms with Crippen LogP contribution < -0.4 is 0 Å². The summed E-state index contributed by atoms with van der Waals surface area (Å²) in [6, 6.07) is 17.8. The molecule has 4 rings (SSSR count). The molecule has 27 heavy (non-hydrogen) atoms. The molecule has 132 valence electrons. The molecule has 0 radical (unpaired) electrons. The number of thioether (sulfide) groups is 1. The zero-order valence-corrected chi connectivity index (χ0v) is 15.5. The highest BCUT2D eigenvalue weighted by molar-refractivity contribution is 8.04. The first-order valence-electron chi connectivity index (χ1n) is 8.02. The van der Waals surface area contributed by atoms with Gasteiger partial charge in [0.2, 0.25) is 5.78 Å². The van der Waals surface area contributed by atoms with Crippen LogP contribution in [0, 0.1) is 10.1 Å². The number of fused-ring (bicyclic) bond motifs is 1. The normalized spacial score (nSPS) is 14.4. The van der Waals surface area contributed by atoms with Gasteiger partial charge in [-0.2, -0.15) is 0 Å². The average molecular weight is 392 g/mol. The van der Waals surface area contributed by atoms with Crippen molar-refractivity contribution in [2.24, 2.45) is 0 Å². The van der Waals surface area contributed by atoms with E-state index in [-0.39, 0.29) is 11.5 Å². The molecular weight excluding hydrogens is 380 g/mol. The maximum Gasteiger partial charge on any atom is 0.283 e. The summed E-state index contributed by atoms with van der Waals surface area (Å²) in [5, 5.41) is 12.2. The third-order valence-electron chi connectivity index (χ3n) is 3.91. The number of benzene rings is 2. The van der Waals surface area contributed by atoms with Gasteiger partial charge >= 0.3 is 0 Å². The maximum absolute atomic E-state index is 12.5. The van der Waals surface area contributed by atoms with E-state index in [1.54, 1.807) is 42.6 Å². The minimum atomic E-state index is -0.411. The molecule has 0 bridgehead atoms. The number of ketones is 1. The SMILES string of the molecule is O=C1/C(=C/c2ccc(Sc3ccccn3)c([N+](=O)[O-])c2)Sc2ccccc21. The zero-order chi connectivity index (χ0) is 18.8. The van der Waals surface area contributed by atoms with Crippen LogP contribution in [-0.4, -0.2) is 15.7 Å². The molecule has 2 aromatic carbocycles. The molecule has 0 saturated carbocycles. The molecule has 2 heterocycles. The lowest BCUT2D eigenvalue weighted by molar-refractivity contribution is -0.387. The van der Waals surface area contributed by atoms with Crippen LogP contribution in [0.3, 0.4) is 0 Å². The van der Waals surface area contributed by atoms with Gasteiger partial charge in [-0.05, 0) is 42.0 Å². The Labute approximate surface area is 163 Å². The summed E-state index contributed by atoms with van der Waals surface area (Å²) in [7, 11) is 0. The number of rotatable bonds is 4. The molecule has 0 amide bonds. The van der Waals surface area contributed by atoms with Crippen molar-refractivity contribution in [1.29, 1.82) is 0 Å². The Morgan fingerprint density at radius 1 is 1.07 bits per heavy atom. The second-order valence-corrected chi connectivity index (χ2v) is 7.84. The first-order valence-corrected chi connectivity index (χ1v) is 9.66. The summed E-state index contributed by atoms with van der Waals surface area (Å²) < 4.78 is 0. The van der Waals surface area contributed by atoms with Crippen LogP contribution in [0.1, 0.15) is 15.9 Å². The van der Waals surface area contributed by atoms with E-state index in [0.29, 0.717) is 26.0 Å². The van der Waals surface area contributed by atoms with Gasteiger partial charge in [-0.25, -0.2) is 4.98 Å². The van der Waals surface area contributed by atoms with Gasteiger partial charge in [0.05, 0.1) is 14.7 Å². The number of aromatic nitrogens is 1. The smallest absolute Gasteiger partial charge is 0.283 e. The third kappa shape index (κ3) is 3.65. The van der Waals surface area contributed by atoms with E-state index in [2.05, 4.69) is 4.98 Å². The van der Waals surface area contributed by atoms with Crippen molar-refractivity contribution in [2.75, 3.05) is 0 Å². The molecule has 0 atom stereocenters. The van der Waals surface area contributed by atoms with Crippen LogP contribution in [-0.2, 0) is 0 Å². The molecule has 0 unspecified atom stereocenters. The molecule has 1 aliphatic rings. The quantitative estimate of drug-likeness (QED) is 0.333. The van der Waals surface area contributed by atoms with Crippen LogP contribution >= 0.6 is 23.5 Å². The lowest BCUT2D eigenvalue weighted by Crippen LogP contribution is -1.95.